The quantitative estimate of drug-likeness (QED) is 0.0983. The van der Waals surface area contributed by atoms with Crippen LogP contribution in [0.2, 0.25) is 54.4 Å². The Morgan fingerprint density at radius 2 is 1.29 bits per heavy atom. The summed E-state index contributed by atoms with van der Waals surface area (Å²) in [7, 11) is -6.43. The van der Waals surface area contributed by atoms with E-state index in [0.29, 0.717) is 6.42 Å². The fourth-order valence-corrected chi connectivity index (χ4v) is 10.6. The first-order chi connectivity index (χ1) is 24.7. The first-order valence-corrected chi connectivity index (χ1v) is 29.9. The van der Waals surface area contributed by atoms with Crippen LogP contribution < -0.4 is 0 Å². The van der Waals surface area contributed by atoms with Gasteiger partial charge in [0, 0.05) is 24.1 Å². The van der Waals surface area contributed by atoms with E-state index in [2.05, 4.69) is 146 Å². The number of hydrogen-bond acceptors (Lipinski definition) is 6. The molecule has 0 saturated carbocycles. The molecular formula is C46H87NO5Si3. The third kappa shape index (κ3) is 15.2. The minimum Gasteiger partial charge on any atom is -0.413 e. The van der Waals surface area contributed by atoms with E-state index in [1.165, 1.54) is 11.1 Å². The second kappa shape index (κ2) is 20.2. The zero-order chi connectivity index (χ0) is 43.0. The van der Waals surface area contributed by atoms with E-state index in [1.54, 1.807) is 0 Å². The van der Waals surface area contributed by atoms with Crippen molar-refractivity contribution >= 4 is 36.8 Å². The van der Waals surface area contributed by atoms with Crippen LogP contribution in [0.1, 0.15) is 142 Å². The van der Waals surface area contributed by atoms with E-state index in [4.69, 9.17) is 13.3 Å². The number of carbonyl (C=O) groups is 1. The van der Waals surface area contributed by atoms with E-state index in [-0.39, 0.29) is 57.7 Å². The highest BCUT2D eigenvalue weighted by Crippen LogP contribution is 2.44. The lowest BCUT2D eigenvalue weighted by atomic mass is 9.73. The Bertz CT molecular complexity index is 1400. The van der Waals surface area contributed by atoms with E-state index in [1.807, 2.05) is 38.2 Å². The maximum Gasteiger partial charge on any atom is 0.192 e. The number of aromatic nitrogens is 1. The zero-order valence-electron chi connectivity index (χ0n) is 39.6. The van der Waals surface area contributed by atoms with Crippen LogP contribution in [-0.4, -0.2) is 65.7 Å². The predicted molar refractivity (Wildman–Crippen MR) is 245 cm³/mol. The van der Waals surface area contributed by atoms with Gasteiger partial charge in [-0.15, -0.1) is 0 Å². The first-order valence-electron chi connectivity index (χ1n) is 21.2. The lowest BCUT2D eigenvalue weighted by Gasteiger charge is -2.46. The van der Waals surface area contributed by atoms with Crippen molar-refractivity contribution in [3.63, 3.8) is 0 Å². The molecule has 9 heteroatoms. The number of allylic oxidation sites excluding steroid dienone is 1. The largest absolute Gasteiger partial charge is 0.413 e. The molecule has 0 radical (unpaired) electrons. The van der Waals surface area contributed by atoms with Crippen LogP contribution in [0.5, 0.6) is 0 Å². The van der Waals surface area contributed by atoms with Crippen molar-refractivity contribution < 1.29 is 23.2 Å². The Kier molecular flexibility index (Phi) is 19.0. The third-order valence-corrected chi connectivity index (χ3v) is 26.9. The molecule has 318 valence electrons. The molecule has 0 aliphatic carbocycles. The van der Waals surface area contributed by atoms with Gasteiger partial charge in [-0.25, -0.2) is 0 Å². The average Bonchev–Trinajstić information content (AvgIpc) is 3.03. The van der Waals surface area contributed by atoms with Gasteiger partial charge in [0.2, 0.25) is 0 Å². The smallest absolute Gasteiger partial charge is 0.192 e. The summed E-state index contributed by atoms with van der Waals surface area (Å²) in [5, 5.41) is 10.2. The standard InChI is InChI=1S/C46H87NO5Si3/c1-34(28-29-39(50-53(16,17)43(5,6)7)36(3)33-38-27-22-23-31-47-38)25-24-26-35(2)41(52-55(20,21)45(11,12)13)37(4)42(49)46(14,15)40(30-32-48)51-54(18,19)44(8,9)10/h22-23,27-28,31,33,35,37,39-41,48H,24-26,29-30,32H2,1-21H3/t35-,37+,39-,40-,41-/m0/s1. The number of carbonyl (C=O) groups excluding carboxylic acids is 1. The van der Waals surface area contributed by atoms with Crippen LogP contribution in [0.4, 0.5) is 0 Å². The van der Waals surface area contributed by atoms with Gasteiger partial charge in [0.05, 0.1) is 24.0 Å². The Morgan fingerprint density at radius 1 is 0.782 bits per heavy atom. The van der Waals surface area contributed by atoms with Gasteiger partial charge in [-0.05, 0) is 130 Å². The summed E-state index contributed by atoms with van der Waals surface area (Å²) < 4.78 is 21.1. The van der Waals surface area contributed by atoms with Gasteiger partial charge >= 0.3 is 0 Å². The maximum atomic E-state index is 14.7. The number of ketones is 1. The molecule has 6 nitrogen and oxygen atoms in total. The SMILES string of the molecule is CC(=CC[C@H](O[Si](C)(C)C(C)(C)C)C(C)=Cc1ccccn1)CCC[C@H](C)[C@H](O[Si](C)(C)C(C)(C)C)[C@@H](C)C(=O)C(C)(C)[C@H](CCO)O[Si](C)(C)C(C)(C)C. The summed E-state index contributed by atoms with van der Waals surface area (Å²) >= 11 is 0. The zero-order valence-corrected chi connectivity index (χ0v) is 42.6. The molecule has 55 heavy (non-hydrogen) atoms. The van der Waals surface area contributed by atoms with Crippen molar-refractivity contribution in [3.05, 3.63) is 47.3 Å². The number of Topliss-reactive ketones (excluding diaryl/α,β-unsaturated/α-hetero) is 1. The highest BCUT2D eigenvalue weighted by molar-refractivity contribution is 6.75. The van der Waals surface area contributed by atoms with E-state index in [9.17, 15) is 9.90 Å². The summed E-state index contributed by atoms with van der Waals surface area (Å²) in [4.78, 5) is 19.3. The lowest BCUT2D eigenvalue weighted by molar-refractivity contribution is -0.141. The molecule has 0 aromatic carbocycles. The third-order valence-electron chi connectivity index (χ3n) is 13.5. The summed E-state index contributed by atoms with van der Waals surface area (Å²) in [5.74, 6) is 0.0350. The highest BCUT2D eigenvalue weighted by Gasteiger charge is 2.49. The van der Waals surface area contributed by atoms with Crippen LogP contribution in [0, 0.1) is 17.3 Å². The van der Waals surface area contributed by atoms with Crippen LogP contribution in [0.25, 0.3) is 6.08 Å². The Labute approximate surface area is 343 Å². The molecule has 1 aromatic heterocycles. The molecule has 1 N–H and O–H groups in total. The summed E-state index contributed by atoms with van der Waals surface area (Å²) in [5.41, 5.74) is 2.74. The highest BCUT2D eigenvalue weighted by atomic mass is 28.4. The van der Waals surface area contributed by atoms with Crippen LogP contribution >= 0.6 is 0 Å². The molecule has 0 aliphatic heterocycles. The monoisotopic (exact) mass is 818 g/mol. The number of pyridine rings is 1. The fraction of sp³-hybridized carbons (Fsp3) is 0.783. The van der Waals surface area contributed by atoms with Gasteiger partial charge in [0.25, 0.3) is 0 Å². The summed E-state index contributed by atoms with van der Waals surface area (Å²) in [6, 6.07) is 6.02. The van der Waals surface area contributed by atoms with Gasteiger partial charge in [0.15, 0.2) is 25.0 Å². The minimum absolute atomic E-state index is 0.00559. The number of rotatable bonds is 21. The van der Waals surface area contributed by atoms with E-state index in [0.717, 1.165) is 31.4 Å². The maximum absolute atomic E-state index is 14.7. The van der Waals surface area contributed by atoms with Gasteiger partial charge in [-0.2, -0.15) is 0 Å². The summed E-state index contributed by atoms with van der Waals surface area (Å²) in [6.45, 7) is 46.9. The van der Waals surface area contributed by atoms with Crippen molar-refractivity contribution in [2.45, 2.75) is 209 Å². The molecule has 1 aromatic rings. The normalized spacial score (nSPS) is 17.5. The molecule has 0 aliphatic rings. The van der Waals surface area contributed by atoms with Gasteiger partial charge in [-0.1, -0.05) is 108 Å². The van der Waals surface area contributed by atoms with E-state index >= 15 is 0 Å². The number of aliphatic hydroxyl groups is 1. The predicted octanol–water partition coefficient (Wildman–Crippen LogP) is 13.4. The second-order valence-electron chi connectivity index (χ2n) is 21.8. The Hall–Kier alpha value is -1.21. The van der Waals surface area contributed by atoms with Crippen LogP contribution in [-0.2, 0) is 18.1 Å². The average molecular weight is 818 g/mol. The minimum atomic E-state index is -2.21. The molecule has 0 amide bonds. The van der Waals surface area contributed by atoms with Crippen molar-refractivity contribution in [1.82, 2.24) is 4.98 Å². The topological polar surface area (TPSA) is 77.9 Å². The molecule has 1 rings (SSSR count). The molecule has 5 atom stereocenters. The van der Waals surface area contributed by atoms with Crippen LogP contribution in [0.3, 0.4) is 0 Å². The van der Waals surface area contributed by atoms with Gasteiger partial charge in [-0.3, -0.25) is 9.78 Å². The Balaban J connectivity index is 3.33. The fourth-order valence-electron chi connectivity index (χ4n) is 6.26. The number of nitrogens with zero attached hydrogens (tertiary/aromatic N) is 1. The van der Waals surface area contributed by atoms with Crippen molar-refractivity contribution in [3.8, 4) is 0 Å². The van der Waals surface area contributed by atoms with Crippen molar-refractivity contribution in [1.29, 1.82) is 0 Å². The first kappa shape index (κ1) is 51.8. The van der Waals surface area contributed by atoms with E-state index < -0.39 is 30.4 Å². The molecule has 1 heterocycles. The van der Waals surface area contributed by atoms with Gasteiger partial charge < -0.3 is 18.4 Å². The lowest BCUT2D eigenvalue weighted by Crippen LogP contribution is -2.54. The van der Waals surface area contributed by atoms with Gasteiger partial charge in [0.1, 0.15) is 5.78 Å². The van der Waals surface area contributed by atoms with Crippen LogP contribution in [0.15, 0.2) is 41.6 Å². The molecule has 0 fully saturated rings. The summed E-state index contributed by atoms with van der Waals surface area (Å²) in [6.07, 6.45) is 10.0. The van der Waals surface area contributed by atoms with Crippen molar-refractivity contribution in [2.24, 2.45) is 17.3 Å². The molecule has 0 unspecified atom stereocenters. The second-order valence-corrected chi connectivity index (χ2v) is 36.0. The molecular weight excluding hydrogens is 731 g/mol. The number of hydrogen-bond donors (Lipinski definition) is 1. The number of aliphatic hydroxyl groups excluding tert-OH is 1. The molecule has 0 saturated heterocycles. The Morgan fingerprint density at radius 3 is 1.76 bits per heavy atom. The molecule has 0 spiro atoms. The van der Waals surface area contributed by atoms with Crippen molar-refractivity contribution in [2.75, 3.05) is 6.61 Å². The molecule has 0 bridgehead atoms.